The molecule has 1 amide bonds. The Morgan fingerprint density at radius 2 is 1.95 bits per heavy atom. The molecule has 7 heteroatoms. The van der Waals surface area contributed by atoms with Gasteiger partial charge in [-0.1, -0.05) is 29.3 Å². The molecule has 0 spiro atoms. The third kappa shape index (κ3) is 6.34. The van der Waals surface area contributed by atoms with Crippen LogP contribution in [0.3, 0.4) is 0 Å². The van der Waals surface area contributed by atoms with Gasteiger partial charge in [0, 0.05) is 12.6 Å². The molecule has 19 heavy (non-hydrogen) atoms. The van der Waals surface area contributed by atoms with E-state index in [2.05, 4.69) is 10.6 Å². The first kappa shape index (κ1) is 18.3. The van der Waals surface area contributed by atoms with E-state index in [1.165, 1.54) is 0 Å². The highest BCUT2D eigenvalue weighted by atomic mass is 35.5. The van der Waals surface area contributed by atoms with Crippen molar-refractivity contribution >= 4 is 41.5 Å². The molecule has 1 aromatic carbocycles. The molecule has 1 aromatic rings. The van der Waals surface area contributed by atoms with Crippen molar-refractivity contribution in [2.75, 3.05) is 20.2 Å². The number of para-hydroxylation sites is 1. The molecular weight excluding hydrogens is 311 g/mol. The molecule has 0 saturated heterocycles. The average molecular weight is 328 g/mol. The maximum Gasteiger partial charge on any atom is 0.257 e. The van der Waals surface area contributed by atoms with Gasteiger partial charge >= 0.3 is 0 Å². The van der Waals surface area contributed by atoms with Crippen LogP contribution in [0.2, 0.25) is 10.0 Å². The SMILES string of the molecule is CNC(C)CNC(=O)COc1c(Cl)cccc1Cl.Cl. The normalized spacial score (nSPS) is 11.4. The van der Waals surface area contributed by atoms with E-state index in [0.717, 1.165) is 0 Å². The molecule has 2 N–H and O–H groups in total. The van der Waals surface area contributed by atoms with Crippen LogP contribution >= 0.6 is 35.6 Å². The Morgan fingerprint density at radius 3 is 2.47 bits per heavy atom. The van der Waals surface area contributed by atoms with Crippen LogP contribution in [0.4, 0.5) is 0 Å². The van der Waals surface area contributed by atoms with Gasteiger partial charge in [0.25, 0.3) is 5.91 Å². The van der Waals surface area contributed by atoms with E-state index in [0.29, 0.717) is 22.3 Å². The summed E-state index contributed by atoms with van der Waals surface area (Å²) in [6, 6.07) is 5.23. The van der Waals surface area contributed by atoms with Crippen LogP contribution in [0.5, 0.6) is 5.75 Å². The molecule has 0 bridgehead atoms. The first-order valence-corrected chi connectivity index (χ1v) is 6.31. The lowest BCUT2D eigenvalue weighted by Crippen LogP contribution is -2.39. The molecule has 1 unspecified atom stereocenters. The second-order valence-corrected chi connectivity index (χ2v) is 4.65. The molecule has 0 aliphatic rings. The lowest BCUT2D eigenvalue weighted by Gasteiger charge is -2.12. The predicted molar refractivity (Wildman–Crippen MR) is 80.7 cm³/mol. The van der Waals surface area contributed by atoms with Crippen molar-refractivity contribution in [1.82, 2.24) is 10.6 Å². The number of amides is 1. The summed E-state index contributed by atoms with van der Waals surface area (Å²) >= 11 is 11.8. The van der Waals surface area contributed by atoms with Gasteiger partial charge in [0.05, 0.1) is 10.0 Å². The van der Waals surface area contributed by atoms with Crippen molar-refractivity contribution in [3.8, 4) is 5.75 Å². The number of hydrogen-bond donors (Lipinski definition) is 2. The first-order chi connectivity index (χ1) is 8.54. The van der Waals surface area contributed by atoms with Gasteiger partial charge in [0.2, 0.25) is 0 Å². The second-order valence-electron chi connectivity index (χ2n) is 3.83. The summed E-state index contributed by atoms with van der Waals surface area (Å²) in [5.74, 6) is 0.116. The van der Waals surface area contributed by atoms with Gasteiger partial charge in [0.1, 0.15) is 0 Å². The monoisotopic (exact) mass is 326 g/mol. The fraction of sp³-hybridized carbons (Fsp3) is 0.417. The highest BCUT2D eigenvalue weighted by Crippen LogP contribution is 2.32. The smallest absolute Gasteiger partial charge is 0.257 e. The number of benzene rings is 1. The van der Waals surface area contributed by atoms with E-state index in [4.69, 9.17) is 27.9 Å². The molecule has 0 radical (unpaired) electrons. The number of hydrogen-bond acceptors (Lipinski definition) is 3. The van der Waals surface area contributed by atoms with Crippen LogP contribution in [0, 0.1) is 0 Å². The third-order valence-electron chi connectivity index (χ3n) is 2.36. The van der Waals surface area contributed by atoms with Crippen LogP contribution < -0.4 is 15.4 Å². The van der Waals surface area contributed by atoms with Crippen LogP contribution in [-0.4, -0.2) is 32.1 Å². The predicted octanol–water partition coefficient (Wildman–Crippen LogP) is 2.52. The number of likely N-dealkylation sites (N-methyl/N-ethyl adjacent to an activating group) is 1. The van der Waals surface area contributed by atoms with E-state index in [-0.39, 0.29) is 31.0 Å². The van der Waals surface area contributed by atoms with Gasteiger partial charge < -0.3 is 15.4 Å². The highest BCUT2D eigenvalue weighted by molar-refractivity contribution is 6.37. The average Bonchev–Trinajstić information content (AvgIpc) is 2.35. The molecule has 0 heterocycles. The fourth-order valence-electron chi connectivity index (χ4n) is 1.18. The Labute approximate surface area is 129 Å². The Morgan fingerprint density at radius 1 is 1.37 bits per heavy atom. The Hall–Kier alpha value is -0.680. The molecule has 0 aromatic heterocycles. The van der Waals surface area contributed by atoms with Gasteiger partial charge in [-0.2, -0.15) is 0 Å². The van der Waals surface area contributed by atoms with Crippen LogP contribution in [0.15, 0.2) is 18.2 Å². The topological polar surface area (TPSA) is 50.4 Å². The molecular formula is C12H17Cl3N2O2. The number of rotatable bonds is 6. The molecule has 0 aliphatic carbocycles. The lowest BCUT2D eigenvalue weighted by molar-refractivity contribution is -0.123. The molecule has 108 valence electrons. The Kier molecular flexibility index (Phi) is 8.93. The van der Waals surface area contributed by atoms with Crippen LogP contribution in [0.1, 0.15) is 6.92 Å². The minimum Gasteiger partial charge on any atom is -0.481 e. The highest BCUT2D eigenvalue weighted by Gasteiger charge is 2.09. The first-order valence-electron chi connectivity index (χ1n) is 5.55. The summed E-state index contributed by atoms with van der Waals surface area (Å²) < 4.78 is 5.30. The molecule has 0 fully saturated rings. The van der Waals surface area contributed by atoms with Crippen molar-refractivity contribution < 1.29 is 9.53 Å². The zero-order chi connectivity index (χ0) is 13.5. The number of halogens is 3. The minimum atomic E-state index is -0.215. The summed E-state index contributed by atoms with van der Waals surface area (Å²) in [6.45, 7) is 2.39. The van der Waals surface area contributed by atoms with E-state index in [1.54, 1.807) is 18.2 Å². The second kappa shape index (κ2) is 9.26. The maximum atomic E-state index is 11.5. The number of carbonyl (C=O) groups excluding carboxylic acids is 1. The molecule has 1 rings (SSSR count). The van der Waals surface area contributed by atoms with Gasteiger partial charge in [-0.15, -0.1) is 12.4 Å². The largest absolute Gasteiger partial charge is 0.481 e. The Bertz CT molecular complexity index is 396. The van der Waals surface area contributed by atoms with Crippen LogP contribution in [0.25, 0.3) is 0 Å². The molecule has 4 nitrogen and oxygen atoms in total. The summed E-state index contributed by atoms with van der Waals surface area (Å²) in [7, 11) is 1.83. The zero-order valence-corrected chi connectivity index (χ0v) is 13.0. The van der Waals surface area contributed by atoms with Crippen LogP contribution in [-0.2, 0) is 4.79 Å². The minimum absolute atomic E-state index is 0. The van der Waals surface area contributed by atoms with E-state index in [1.807, 2.05) is 14.0 Å². The fourth-order valence-corrected chi connectivity index (χ4v) is 1.68. The van der Waals surface area contributed by atoms with E-state index >= 15 is 0 Å². The standard InChI is InChI=1S/C12H16Cl2N2O2.ClH/c1-8(15-2)6-16-11(17)7-18-12-9(13)4-3-5-10(12)14;/h3-5,8,15H,6-7H2,1-2H3,(H,16,17);1H. The van der Waals surface area contributed by atoms with Crippen molar-refractivity contribution in [2.24, 2.45) is 0 Å². The summed E-state index contributed by atoms with van der Waals surface area (Å²) in [5, 5.41) is 6.52. The van der Waals surface area contributed by atoms with Gasteiger partial charge in [-0.05, 0) is 26.1 Å². The summed E-state index contributed by atoms with van der Waals surface area (Å²) in [4.78, 5) is 11.5. The van der Waals surface area contributed by atoms with Crippen molar-refractivity contribution in [3.63, 3.8) is 0 Å². The molecule has 0 saturated carbocycles. The number of ether oxygens (including phenoxy) is 1. The number of carbonyl (C=O) groups is 1. The summed E-state index contributed by atoms with van der Waals surface area (Å²) in [6.07, 6.45) is 0. The number of nitrogens with one attached hydrogen (secondary N) is 2. The zero-order valence-electron chi connectivity index (χ0n) is 10.7. The van der Waals surface area contributed by atoms with Gasteiger partial charge in [-0.25, -0.2) is 0 Å². The van der Waals surface area contributed by atoms with Gasteiger partial charge in [-0.3, -0.25) is 4.79 Å². The summed E-state index contributed by atoms with van der Waals surface area (Å²) in [5.41, 5.74) is 0. The van der Waals surface area contributed by atoms with Crippen molar-refractivity contribution in [3.05, 3.63) is 28.2 Å². The third-order valence-corrected chi connectivity index (χ3v) is 2.96. The quantitative estimate of drug-likeness (QED) is 0.844. The molecule has 1 atom stereocenters. The van der Waals surface area contributed by atoms with Crippen molar-refractivity contribution in [1.29, 1.82) is 0 Å². The van der Waals surface area contributed by atoms with E-state index < -0.39 is 0 Å². The maximum absolute atomic E-state index is 11.5. The van der Waals surface area contributed by atoms with E-state index in [9.17, 15) is 4.79 Å². The lowest BCUT2D eigenvalue weighted by atomic mass is 10.3. The molecule has 0 aliphatic heterocycles. The Balaban J connectivity index is 0.00000324. The van der Waals surface area contributed by atoms with Crippen molar-refractivity contribution in [2.45, 2.75) is 13.0 Å². The van der Waals surface area contributed by atoms with Gasteiger partial charge in [0.15, 0.2) is 12.4 Å².